The highest BCUT2D eigenvalue weighted by molar-refractivity contribution is 5.85. The zero-order valence-corrected chi connectivity index (χ0v) is 5.85. The van der Waals surface area contributed by atoms with E-state index in [1.54, 1.807) is 0 Å². The predicted molar refractivity (Wildman–Crippen MR) is 37.8 cm³/mol. The predicted octanol–water partition coefficient (Wildman–Crippen LogP) is 0.00270. The molecule has 0 amide bonds. The van der Waals surface area contributed by atoms with Gasteiger partial charge in [0.2, 0.25) is 0 Å². The van der Waals surface area contributed by atoms with Crippen LogP contribution in [0.4, 0.5) is 0 Å². The molecule has 0 unspecified atom stereocenters. The van der Waals surface area contributed by atoms with Crippen molar-refractivity contribution < 1.29 is 9.90 Å². The molecule has 60 valence electrons. The van der Waals surface area contributed by atoms with Gasteiger partial charge >= 0.3 is 5.97 Å². The first-order valence-electron chi connectivity index (χ1n) is 3.17. The molecule has 0 aliphatic carbocycles. The van der Waals surface area contributed by atoms with Crippen LogP contribution >= 0.6 is 0 Å². The molecule has 0 aromatic heterocycles. The minimum atomic E-state index is -1.05. The van der Waals surface area contributed by atoms with Gasteiger partial charge in [-0.15, -0.1) is 5.10 Å². The third-order valence-corrected chi connectivity index (χ3v) is 1.40. The normalized spacial score (nSPS) is 10.3. The maximum Gasteiger partial charge on any atom is 0.353 e. The molecule has 12 heavy (non-hydrogen) atoms. The molecule has 0 bridgehead atoms. The Morgan fingerprint density at radius 2 is 2.33 bits per heavy atom. The van der Waals surface area contributed by atoms with Crippen LogP contribution in [-0.4, -0.2) is 31.2 Å². The average molecular weight is 164 g/mol. The summed E-state index contributed by atoms with van der Waals surface area (Å²) in [5.41, 5.74) is 0.548. The monoisotopic (exact) mass is 164 g/mol. The van der Waals surface area contributed by atoms with Crippen molar-refractivity contribution in [2.45, 2.75) is 0 Å². The van der Waals surface area contributed by atoms with Crippen LogP contribution in [0.15, 0.2) is 12.4 Å². The standard InChI is InChI=1S/C6H4N4O2/c11-6(12)4-1-7-5-3(9-4)2-8-10-5/h1-2,9H,(H,11,12). The summed E-state index contributed by atoms with van der Waals surface area (Å²) in [4.78, 5) is 16.9. The number of carboxylic acids is 1. The number of aromatic nitrogens is 4. The van der Waals surface area contributed by atoms with E-state index in [0.29, 0.717) is 11.5 Å². The molecular weight excluding hydrogens is 160 g/mol. The zero-order valence-electron chi connectivity index (χ0n) is 5.85. The van der Waals surface area contributed by atoms with Crippen LogP contribution in [0.25, 0.3) is 11.5 Å². The molecule has 2 N–H and O–H groups in total. The van der Waals surface area contributed by atoms with E-state index >= 15 is 0 Å². The van der Waals surface area contributed by atoms with Crippen molar-refractivity contribution in [3.8, 4) is 11.5 Å². The van der Waals surface area contributed by atoms with Crippen molar-refractivity contribution in [3.63, 3.8) is 0 Å². The molecule has 2 aliphatic heterocycles. The highest BCUT2D eigenvalue weighted by Crippen LogP contribution is 2.11. The van der Waals surface area contributed by atoms with Crippen molar-refractivity contribution in [1.29, 1.82) is 0 Å². The minimum Gasteiger partial charge on any atom is -0.477 e. The van der Waals surface area contributed by atoms with Gasteiger partial charge in [-0.05, 0) is 0 Å². The fourth-order valence-electron chi connectivity index (χ4n) is 0.848. The molecule has 0 saturated heterocycles. The molecule has 2 aliphatic rings. The highest BCUT2D eigenvalue weighted by Gasteiger charge is 2.10. The molecule has 6 nitrogen and oxygen atoms in total. The second-order valence-corrected chi connectivity index (χ2v) is 2.18. The Balaban J connectivity index is 2.62. The molecule has 0 fully saturated rings. The van der Waals surface area contributed by atoms with Gasteiger partial charge in [0.1, 0.15) is 11.4 Å². The number of aromatic amines is 1. The SMILES string of the molecule is O=C(O)c1cnc2nncc-2[nH]1. The minimum absolute atomic E-state index is 0.0253. The largest absolute Gasteiger partial charge is 0.477 e. The van der Waals surface area contributed by atoms with Gasteiger partial charge in [-0.25, -0.2) is 9.78 Å². The number of carboxylic acid groups (broad SMARTS) is 1. The molecule has 0 aromatic carbocycles. The van der Waals surface area contributed by atoms with Crippen molar-refractivity contribution in [2.75, 3.05) is 0 Å². The molecule has 6 heteroatoms. The number of rotatable bonds is 1. The second-order valence-electron chi connectivity index (χ2n) is 2.18. The summed E-state index contributed by atoms with van der Waals surface area (Å²) in [6.07, 6.45) is 2.63. The molecule has 0 aromatic rings. The first kappa shape index (κ1) is 6.71. The van der Waals surface area contributed by atoms with Gasteiger partial charge in [-0.1, -0.05) is 0 Å². The lowest BCUT2D eigenvalue weighted by Crippen LogP contribution is -2.02. The van der Waals surface area contributed by atoms with Crippen LogP contribution in [0.2, 0.25) is 0 Å². The summed E-state index contributed by atoms with van der Waals surface area (Å²) in [6.45, 7) is 0. The van der Waals surface area contributed by atoms with Crippen molar-refractivity contribution in [3.05, 3.63) is 18.1 Å². The summed E-state index contributed by atoms with van der Waals surface area (Å²) in [6, 6.07) is 0. The van der Waals surface area contributed by atoms with Gasteiger partial charge in [0.15, 0.2) is 5.82 Å². The van der Waals surface area contributed by atoms with E-state index in [-0.39, 0.29) is 5.69 Å². The lowest BCUT2D eigenvalue weighted by Gasteiger charge is -1.96. The molecule has 0 radical (unpaired) electrons. The quantitative estimate of drug-likeness (QED) is 0.619. The molecule has 0 spiro atoms. The number of H-pyrrole nitrogens is 1. The summed E-state index contributed by atoms with van der Waals surface area (Å²) >= 11 is 0. The Kier molecular flexibility index (Phi) is 1.26. The van der Waals surface area contributed by atoms with E-state index < -0.39 is 5.97 Å². The van der Waals surface area contributed by atoms with Crippen molar-refractivity contribution in [2.24, 2.45) is 0 Å². The topological polar surface area (TPSA) is 91.8 Å². The lowest BCUT2D eigenvalue weighted by atomic mass is 10.4. The molecule has 0 atom stereocenters. The van der Waals surface area contributed by atoms with E-state index in [0.717, 1.165) is 0 Å². The van der Waals surface area contributed by atoms with Crippen LogP contribution < -0.4 is 0 Å². The summed E-state index contributed by atoms with van der Waals surface area (Å²) < 4.78 is 0. The number of nitrogens with zero attached hydrogens (tertiary/aromatic N) is 3. The Hall–Kier alpha value is -1.98. The van der Waals surface area contributed by atoms with Gasteiger partial charge in [0, 0.05) is 0 Å². The van der Waals surface area contributed by atoms with E-state index in [4.69, 9.17) is 5.11 Å². The molecule has 0 saturated carbocycles. The first-order valence-corrected chi connectivity index (χ1v) is 3.17. The molecule has 2 heterocycles. The molecule has 2 rings (SSSR count). The van der Waals surface area contributed by atoms with E-state index in [9.17, 15) is 4.79 Å². The van der Waals surface area contributed by atoms with Gasteiger partial charge in [0.05, 0.1) is 12.4 Å². The number of hydrogen-bond acceptors (Lipinski definition) is 4. The number of carbonyl (C=O) groups is 1. The highest BCUT2D eigenvalue weighted by atomic mass is 16.4. The maximum absolute atomic E-state index is 10.5. The smallest absolute Gasteiger partial charge is 0.353 e. The van der Waals surface area contributed by atoms with Crippen LogP contribution in [0.5, 0.6) is 0 Å². The summed E-state index contributed by atoms with van der Waals surface area (Å²) in [7, 11) is 0. The summed E-state index contributed by atoms with van der Waals surface area (Å²) in [5, 5.41) is 15.8. The number of aromatic carboxylic acids is 1. The van der Waals surface area contributed by atoms with Gasteiger partial charge in [-0.2, -0.15) is 5.10 Å². The second kappa shape index (κ2) is 2.26. The van der Waals surface area contributed by atoms with Crippen molar-refractivity contribution >= 4 is 5.97 Å². The van der Waals surface area contributed by atoms with Crippen LogP contribution in [0.3, 0.4) is 0 Å². The van der Waals surface area contributed by atoms with Gasteiger partial charge in [-0.3, -0.25) is 0 Å². The van der Waals surface area contributed by atoms with Gasteiger partial charge in [0.25, 0.3) is 0 Å². The van der Waals surface area contributed by atoms with E-state index in [2.05, 4.69) is 20.2 Å². The number of hydrogen-bond donors (Lipinski definition) is 2. The van der Waals surface area contributed by atoms with Crippen LogP contribution in [0, 0.1) is 0 Å². The number of fused-ring (bicyclic) bond motifs is 1. The third-order valence-electron chi connectivity index (χ3n) is 1.40. The van der Waals surface area contributed by atoms with E-state index in [1.807, 2.05) is 0 Å². The molecular formula is C6H4N4O2. The lowest BCUT2D eigenvalue weighted by molar-refractivity contribution is 0.0690. The fraction of sp³-hybridized carbons (Fsp3) is 0. The Labute approximate surface area is 66.6 Å². The van der Waals surface area contributed by atoms with E-state index in [1.165, 1.54) is 12.4 Å². The Morgan fingerprint density at radius 3 is 3.08 bits per heavy atom. The maximum atomic E-state index is 10.5. The number of nitrogens with one attached hydrogen (secondary N) is 1. The van der Waals surface area contributed by atoms with Crippen molar-refractivity contribution in [1.82, 2.24) is 20.2 Å². The van der Waals surface area contributed by atoms with Gasteiger partial charge < -0.3 is 10.1 Å². The van der Waals surface area contributed by atoms with Crippen LogP contribution in [0.1, 0.15) is 10.5 Å². The Morgan fingerprint density at radius 1 is 1.50 bits per heavy atom. The summed E-state index contributed by atoms with van der Waals surface area (Å²) in [5.74, 6) is -0.634. The third kappa shape index (κ3) is 0.895. The van der Waals surface area contributed by atoms with Crippen LogP contribution in [-0.2, 0) is 0 Å². The zero-order chi connectivity index (χ0) is 8.55. The fourth-order valence-corrected chi connectivity index (χ4v) is 0.848. The Bertz CT molecular complexity index is 397. The average Bonchev–Trinajstić information content (AvgIpc) is 2.49. The first-order chi connectivity index (χ1) is 5.77.